The average Bonchev–Trinajstić information content (AvgIpc) is 2.99. The van der Waals surface area contributed by atoms with Gasteiger partial charge in [0.2, 0.25) is 0 Å². The van der Waals surface area contributed by atoms with Crippen LogP contribution in [0, 0.1) is 5.92 Å². The lowest BCUT2D eigenvalue weighted by Crippen LogP contribution is -2.03. The minimum absolute atomic E-state index is 0.377. The number of hydrogen-bond acceptors (Lipinski definition) is 2. The molecule has 0 saturated heterocycles. The zero-order chi connectivity index (χ0) is 9.97. The fraction of sp³-hybridized carbons (Fsp3) is 0.500. The summed E-state index contributed by atoms with van der Waals surface area (Å²) in [6.07, 6.45) is 2.35. The molecule has 14 heavy (non-hydrogen) atoms. The van der Waals surface area contributed by atoms with E-state index in [0.29, 0.717) is 0 Å². The Morgan fingerprint density at radius 1 is 1.50 bits per heavy atom. The highest BCUT2D eigenvalue weighted by Gasteiger charge is 2.20. The van der Waals surface area contributed by atoms with Gasteiger partial charge < -0.3 is 10.4 Å². The number of nitrogens with one attached hydrogen (secondary N) is 1. The summed E-state index contributed by atoms with van der Waals surface area (Å²) in [5, 5.41) is 12.8. The quantitative estimate of drug-likeness (QED) is 0.766. The fourth-order valence-electron chi connectivity index (χ4n) is 1.49. The summed E-state index contributed by atoms with van der Waals surface area (Å²) in [6.45, 7) is 2.86. The number of anilines is 1. The van der Waals surface area contributed by atoms with E-state index in [1.165, 1.54) is 12.8 Å². The van der Waals surface area contributed by atoms with Gasteiger partial charge in [-0.1, -0.05) is 12.1 Å². The topological polar surface area (TPSA) is 32.3 Å². The summed E-state index contributed by atoms with van der Waals surface area (Å²) in [4.78, 5) is 0. The van der Waals surface area contributed by atoms with Crippen LogP contribution in [-0.2, 0) is 0 Å². The van der Waals surface area contributed by atoms with Crippen LogP contribution in [0.4, 0.5) is 5.69 Å². The Bertz CT molecular complexity index is 305. The molecule has 2 N–H and O–H groups in total. The Balaban J connectivity index is 1.97. The molecule has 1 saturated carbocycles. The van der Waals surface area contributed by atoms with Gasteiger partial charge in [-0.3, -0.25) is 0 Å². The van der Waals surface area contributed by atoms with Crippen molar-refractivity contribution < 1.29 is 5.11 Å². The molecule has 76 valence electrons. The highest BCUT2D eigenvalue weighted by molar-refractivity contribution is 5.46. The first kappa shape index (κ1) is 9.53. The average molecular weight is 191 g/mol. The van der Waals surface area contributed by atoms with E-state index >= 15 is 0 Å². The third kappa shape index (κ3) is 2.48. The van der Waals surface area contributed by atoms with Crippen molar-refractivity contribution in [3.63, 3.8) is 0 Å². The number of hydrogen-bond donors (Lipinski definition) is 2. The second-order valence-corrected chi connectivity index (χ2v) is 4.13. The van der Waals surface area contributed by atoms with E-state index < -0.39 is 0 Å². The Morgan fingerprint density at radius 2 is 2.29 bits per heavy atom. The van der Waals surface area contributed by atoms with Gasteiger partial charge in [0.25, 0.3) is 0 Å². The molecule has 2 heteroatoms. The largest absolute Gasteiger partial charge is 0.389 e. The predicted molar refractivity (Wildman–Crippen MR) is 58.3 cm³/mol. The van der Waals surface area contributed by atoms with Gasteiger partial charge >= 0.3 is 0 Å². The van der Waals surface area contributed by atoms with E-state index in [4.69, 9.17) is 0 Å². The molecule has 1 unspecified atom stereocenters. The SMILES string of the molecule is CC(O)c1cccc(NCC2CC2)c1. The number of benzene rings is 1. The van der Waals surface area contributed by atoms with E-state index in [1.807, 2.05) is 24.3 Å². The van der Waals surface area contributed by atoms with Crippen molar-refractivity contribution in [2.45, 2.75) is 25.9 Å². The maximum absolute atomic E-state index is 9.41. The van der Waals surface area contributed by atoms with Crippen molar-refractivity contribution in [2.24, 2.45) is 5.92 Å². The highest BCUT2D eigenvalue weighted by atomic mass is 16.3. The van der Waals surface area contributed by atoms with Crippen molar-refractivity contribution in [1.82, 2.24) is 0 Å². The van der Waals surface area contributed by atoms with Crippen molar-refractivity contribution in [2.75, 3.05) is 11.9 Å². The predicted octanol–water partition coefficient (Wildman–Crippen LogP) is 2.56. The second kappa shape index (κ2) is 4.01. The van der Waals surface area contributed by atoms with Gasteiger partial charge in [-0.05, 0) is 43.4 Å². The molecular formula is C12H17NO. The normalized spacial score (nSPS) is 17.9. The maximum Gasteiger partial charge on any atom is 0.0762 e. The van der Waals surface area contributed by atoms with E-state index in [9.17, 15) is 5.11 Å². The molecule has 0 amide bonds. The Labute approximate surface area is 85.0 Å². The fourth-order valence-corrected chi connectivity index (χ4v) is 1.49. The van der Waals surface area contributed by atoms with Gasteiger partial charge in [0, 0.05) is 12.2 Å². The minimum atomic E-state index is -0.377. The second-order valence-electron chi connectivity index (χ2n) is 4.13. The van der Waals surface area contributed by atoms with Gasteiger partial charge in [-0.25, -0.2) is 0 Å². The lowest BCUT2D eigenvalue weighted by molar-refractivity contribution is 0.199. The summed E-state index contributed by atoms with van der Waals surface area (Å²) in [6, 6.07) is 8.01. The smallest absolute Gasteiger partial charge is 0.0762 e. The van der Waals surface area contributed by atoms with Crippen molar-refractivity contribution in [1.29, 1.82) is 0 Å². The molecule has 1 aromatic carbocycles. The van der Waals surface area contributed by atoms with E-state index in [1.54, 1.807) is 6.92 Å². The van der Waals surface area contributed by atoms with Crippen LogP contribution in [0.5, 0.6) is 0 Å². The summed E-state index contributed by atoms with van der Waals surface area (Å²) in [5.41, 5.74) is 2.10. The summed E-state index contributed by atoms with van der Waals surface area (Å²) in [7, 11) is 0. The first-order valence-corrected chi connectivity index (χ1v) is 5.27. The minimum Gasteiger partial charge on any atom is -0.389 e. The maximum atomic E-state index is 9.41. The molecule has 1 atom stereocenters. The molecule has 1 aliphatic carbocycles. The van der Waals surface area contributed by atoms with Crippen LogP contribution in [0.3, 0.4) is 0 Å². The summed E-state index contributed by atoms with van der Waals surface area (Å²) < 4.78 is 0. The molecule has 0 radical (unpaired) electrons. The van der Waals surface area contributed by atoms with Crippen LogP contribution in [0.25, 0.3) is 0 Å². The molecule has 1 fully saturated rings. The van der Waals surface area contributed by atoms with Crippen LogP contribution in [-0.4, -0.2) is 11.7 Å². The van der Waals surface area contributed by atoms with Gasteiger partial charge in [0.05, 0.1) is 6.10 Å². The molecule has 2 rings (SSSR count). The molecule has 1 aliphatic rings. The van der Waals surface area contributed by atoms with E-state index in [2.05, 4.69) is 5.32 Å². The lowest BCUT2D eigenvalue weighted by atomic mass is 10.1. The van der Waals surface area contributed by atoms with Gasteiger partial charge in [0.15, 0.2) is 0 Å². The van der Waals surface area contributed by atoms with E-state index in [0.717, 1.165) is 23.7 Å². The van der Waals surface area contributed by atoms with Gasteiger partial charge in [0.1, 0.15) is 0 Å². The van der Waals surface area contributed by atoms with Crippen molar-refractivity contribution in [3.8, 4) is 0 Å². The van der Waals surface area contributed by atoms with Crippen LogP contribution in [0.1, 0.15) is 31.4 Å². The van der Waals surface area contributed by atoms with Crippen molar-refractivity contribution >= 4 is 5.69 Å². The molecule has 0 aromatic heterocycles. The molecule has 2 nitrogen and oxygen atoms in total. The van der Waals surface area contributed by atoms with E-state index in [-0.39, 0.29) is 6.10 Å². The molecule has 0 bridgehead atoms. The first-order chi connectivity index (χ1) is 6.75. The lowest BCUT2D eigenvalue weighted by Gasteiger charge is -2.09. The van der Waals surface area contributed by atoms with Crippen LogP contribution in [0.15, 0.2) is 24.3 Å². The molecule has 1 aromatic rings. The molecule has 0 spiro atoms. The van der Waals surface area contributed by atoms with Crippen LogP contribution < -0.4 is 5.32 Å². The monoisotopic (exact) mass is 191 g/mol. The number of aliphatic hydroxyl groups is 1. The number of aliphatic hydroxyl groups excluding tert-OH is 1. The Kier molecular flexibility index (Phi) is 2.73. The third-order valence-corrected chi connectivity index (χ3v) is 2.66. The number of rotatable bonds is 4. The zero-order valence-corrected chi connectivity index (χ0v) is 8.53. The standard InChI is InChI=1S/C12H17NO/c1-9(14)11-3-2-4-12(7-11)13-8-10-5-6-10/h2-4,7,9-10,13-14H,5-6,8H2,1H3. The van der Waals surface area contributed by atoms with Crippen LogP contribution >= 0.6 is 0 Å². The third-order valence-electron chi connectivity index (χ3n) is 2.66. The molecular weight excluding hydrogens is 174 g/mol. The highest BCUT2D eigenvalue weighted by Crippen LogP contribution is 2.29. The molecule has 0 aliphatic heterocycles. The molecule has 0 heterocycles. The Hall–Kier alpha value is -1.02. The first-order valence-electron chi connectivity index (χ1n) is 5.27. The van der Waals surface area contributed by atoms with Crippen LogP contribution in [0.2, 0.25) is 0 Å². The summed E-state index contributed by atoms with van der Waals surface area (Å²) in [5.74, 6) is 0.880. The van der Waals surface area contributed by atoms with Gasteiger partial charge in [-0.2, -0.15) is 0 Å². The summed E-state index contributed by atoms with van der Waals surface area (Å²) >= 11 is 0. The Morgan fingerprint density at radius 3 is 2.93 bits per heavy atom. The zero-order valence-electron chi connectivity index (χ0n) is 8.53. The van der Waals surface area contributed by atoms with Crippen molar-refractivity contribution in [3.05, 3.63) is 29.8 Å². The van der Waals surface area contributed by atoms with Gasteiger partial charge in [-0.15, -0.1) is 0 Å².